The van der Waals surface area contributed by atoms with Crippen LogP contribution in [0.3, 0.4) is 0 Å². The third-order valence-corrected chi connectivity index (χ3v) is 3.23. The van der Waals surface area contributed by atoms with Crippen molar-refractivity contribution < 1.29 is 26.8 Å². The Hall–Kier alpha value is -2.96. The second-order valence-corrected chi connectivity index (χ2v) is 4.90. The Bertz CT molecular complexity index is 868. The molecular weight excluding hydrogens is 326 g/mol. The molecule has 3 nitrogen and oxygen atoms in total. The highest BCUT2D eigenvalue weighted by Crippen LogP contribution is 2.36. The molecule has 0 bridgehead atoms. The normalized spacial score (nSPS) is 11.5. The molecule has 0 unspecified atom stereocenters. The summed E-state index contributed by atoms with van der Waals surface area (Å²) in [4.78, 5) is 16.0. The molecule has 1 heterocycles. The van der Waals surface area contributed by atoms with Gasteiger partial charge in [-0.25, -0.2) is 9.37 Å². The van der Waals surface area contributed by atoms with Crippen molar-refractivity contribution in [3.63, 3.8) is 0 Å². The number of hydrogen-bond acceptors (Lipinski definition) is 3. The van der Waals surface area contributed by atoms with Crippen molar-refractivity contribution in [2.45, 2.75) is 6.18 Å². The SMILES string of the molecule is O=C(c1ccccc1)c1nc(-c2ccc(F)cc2)oc1C(F)(F)F. The summed E-state index contributed by atoms with van der Waals surface area (Å²) in [6, 6.07) is 12.0. The van der Waals surface area contributed by atoms with E-state index in [0.717, 1.165) is 12.1 Å². The van der Waals surface area contributed by atoms with Crippen LogP contribution in [-0.2, 0) is 6.18 Å². The Labute approximate surface area is 133 Å². The first-order valence-electron chi connectivity index (χ1n) is 6.80. The van der Waals surface area contributed by atoms with E-state index in [1.54, 1.807) is 6.07 Å². The fourth-order valence-electron chi connectivity index (χ4n) is 2.11. The summed E-state index contributed by atoms with van der Waals surface area (Å²) in [5.74, 6) is -3.33. The zero-order valence-electron chi connectivity index (χ0n) is 12.0. The van der Waals surface area contributed by atoms with E-state index >= 15 is 0 Å². The molecule has 1 aromatic heterocycles. The number of benzene rings is 2. The van der Waals surface area contributed by atoms with Crippen molar-refractivity contribution in [3.8, 4) is 11.5 Å². The van der Waals surface area contributed by atoms with Crippen LogP contribution in [0, 0.1) is 5.82 Å². The molecule has 0 fully saturated rings. The molecule has 3 aromatic rings. The highest BCUT2D eigenvalue weighted by atomic mass is 19.4. The summed E-state index contributed by atoms with van der Waals surface area (Å²) in [5.41, 5.74) is -0.635. The van der Waals surface area contributed by atoms with Crippen molar-refractivity contribution >= 4 is 5.78 Å². The first-order chi connectivity index (χ1) is 11.4. The molecule has 0 atom stereocenters. The summed E-state index contributed by atoms with van der Waals surface area (Å²) in [5, 5.41) is 0. The summed E-state index contributed by atoms with van der Waals surface area (Å²) in [6.45, 7) is 0. The maximum atomic E-state index is 13.2. The molecule has 3 rings (SSSR count). The second kappa shape index (κ2) is 5.92. The van der Waals surface area contributed by atoms with Crippen LogP contribution in [0.25, 0.3) is 11.5 Å². The molecule has 0 saturated carbocycles. The molecule has 0 radical (unpaired) electrons. The number of hydrogen-bond donors (Lipinski definition) is 0. The van der Waals surface area contributed by atoms with Crippen LogP contribution in [-0.4, -0.2) is 10.8 Å². The van der Waals surface area contributed by atoms with Gasteiger partial charge in [0.15, 0.2) is 5.69 Å². The van der Waals surface area contributed by atoms with Crippen LogP contribution in [0.5, 0.6) is 0 Å². The van der Waals surface area contributed by atoms with Crippen molar-refractivity contribution in [1.82, 2.24) is 4.98 Å². The number of oxazole rings is 1. The van der Waals surface area contributed by atoms with Gasteiger partial charge < -0.3 is 4.42 Å². The average Bonchev–Trinajstić information content (AvgIpc) is 3.01. The molecule has 2 aromatic carbocycles. The maximum Gasteiger partial charge on any atom is 0.452 e. The summed E-state index contributed by atoms with van der Waals surface area (Å²) >= 11 is 0. The molecule has 0 spiro atoms. The van der Waals surface area contributed by atoms with Crippen LogP contribution in [0.4, 0.5) is 17.6 Å². The largest absolute Gasteiger partial charge is 0.452 e. The van der Waals surface area contributed by atoms with Crippen molar-refractivity contribution in [2.24, 2.45) is 0 Å². The smallest absolute Gasteiger partial charge is 0.431 e. The van der Waals surface area contributed by atoms with E-state index in [0.29, 0.717) is 0 Å². The second-order valence-electron chi connectivity index (χ2n) is 4.90. The van der Waals surface area contributed by atoms with Gasteiger partial charge in [-0.05, 0) is 24.3 Å². The number of ketones is 1. The average molecular weight is 335 g/mol. The zero-order chi connectivity index (χ0) is 17.3. The number of nitrogens with zero attached hydrogens (tertiary/aromatic N) is 1. The van der Waals surface area contributed by atoms with Crippen LogP contribution < -0.4 is 0 Å². The minimum atomic E-state index is -4.88. The van der Waals surface area contributed by atoms with Crippen molar-refractivity contribution in [3.05, 3.63) is 77.4 Å². The fourth-order valence-corrected chi connectivity index (χ4v) is 2.11. The summed E-state index contributed by atoms with van der Waals surface area (Å²) in [6.07, 6.45) is -4.88. The van der Waals surface area contributed by atoms with Gasteiger partial charge in [-0.2, -0.15) is 13.2 Å². The first kappa shape index (κ1) is 15.9. The van der Waals surface area contributed by atoms with Gasteiger partial charge in [0.25, 0.3) is 0 Å². The lowest BCUT2D eigenvalue weighted by Gasteiger charge is -2.04. The van der Waals surface area contributed by atoms with E-state index < -0.39 is 35.1 Å². The summed E-state index contributed by atoms with van der Waals surface area (Å²) in [7, 11) is 0. The predicted octanol–water partition coefficient (Wildman–Crippen LogP) is 4.73. The number of rotatable bonds is 3. The topological polar surface area (TPSA) is 43.1 Å². The van der Waals surface area contributed by atoms with Crippen molar-refractivity contribution in [1.29, 1.82) is 0 Å². The Kier molecular flexibility index (Phi) is 3.92. The standard InChI is InChI=1S/C17H9F4NO2/c18-12-8-6-11(7-9-12)16-22-13(15(24-16)17(19,20)21)14(23)10-4-2-1-3-5-10/h1-9H. The van der Waals surface area contributed by atoms with E-state index in [4.69, 9.17) is 4.42 Å². The van der Waals surface area contributed by atoms with Crippen LogP contribution in [0.15, 0.2) is 59.0 Å². The van der Waals surface area contributed by atoms with Gasteiger partial charge in [-0.1, -0.05) is 30.3 Å². The Morgan fingerprint density at radius 3 is 2.17 bits per heavy atom. The fraction of sp³-hybridized carbons (Fsp3) is 0.0588. The molecule has 24 heavy (non-hydrogen) atoms. The zero-order valence-corrected chi connectivity index (χ0v) is 12.0. The van der Waals surface area contributed by atoms with E-state index in [9.17, 15) is 22.4 Å². The number of carbonyl (C=O) groups excluding carboxylic acids is 1. The number of carbonyl (C=O) groups is 1. The predicted molar refractivity (Wildman–Crippen MR) is 76.8 cm³/mol. The maximum absolute atomic E-state index is 13.2. The van der Waals surface area contributed by atoms with Gasteiger partial charge in [0.05, 0.1) is 0 Å². The van der Waals surface area contributed by atoms with E-state index in [-0.39, 0.29) is 11.1 Å². The van der Waals surface area contributed by atoms with Crippen LogP contribution in [0.2, 0.25) is 0 Å². The third kappa shape index (κ3) is 3.05. The van der Waals surface area contributed by atoms with Gasteiger partial charge in [0.1, 0.15) is 5.82 Å². The highest BCUT2D eigenvalue weighted by Gasteiger charge is 2.42. The minimum absolute atomic E-state index is 0.0574. The van der Waals surface area contributed by atoms with E-state index in [1.807, 2.05) is 0 Å². The number of alkyl halides is 3. The lowest BCUT2D eigenvalue weighted by Crippen LogP contribution is -2.12. The Balaban J connectivity index is 2.11. The quantitative estimate of drug-likeness (QED) is 0.513. The molecule has 122 valence electrons. The molecule has 7 heteroatoms. The van der Waals surface area contributed by atoms with E-state index in [1.165, 1.54) is 36.4 Å². The molecular formula is C17H9F4NO2. The Morgan fingerprint density at radius 1 is 0.958 bits per heavy atom. The highest BCUT2D eigenvalue weighted by molar-refractivity contribution is 6.08. The molecule has 0 amide bonds. The number of aromatic nitrogens is 1. The minimum Gasteiger partial charge on any atom is -0.431 e. The Morgan fingerprint density at radius 2 is 1.58 bits per heavy atom. The molecule has 0 aliphatic carbocycles. The molecule has 0 aliphatic heterocycles. The van der Waals surface area contributed by atoms with Crippen LogP contribution >= 0.6 is 0 Å². The molecule has 0 N–H and O–H groups in total. The van der Waals surface area contributed by atoms with Crippen molar-refractivity contribution in [2.75, 3.05) is 0 Å². The van der Waals surface area contributed by atoms with Gasteiger partial charge >= 0.3 is 6.18 Å². The van der Waals surface area contributed by atoms with Gasteiger partial charge in [0, 0.05) is 11.1 Å². The monoisotopic (exact) mass is 335 g/mol. The van der Waals surface area contributed by atoms with E-state index in [2.05, 4.69) is 4.98 Å². The summed E-state index contributed by atoms with van der Waals surface area (Å²) < 4.78 is 57.2. The number of halogens is 4. The van der Waals surface area contributed by atoms with Gasteiger partial charge in [-0.3, -0.25) is 4.79 Å². The lowest BCUT2D eigenvalue weighted by atomic mass is 10.1. The molecule has 0 aliphatic rings. The third-order valence-electron chi connectivity index (χ3n) is 3.23. The first-order valence-corrected chi connectivity index (χ1v) is 6.80. The lowest BCUT2D eigenvalue weighted by molar-refractivity contribution is -0.153. The van der Waals surface area contributed by atoms with Gasteiger partial charge in [-0.15, -0.1) is 0 Å². The van der Waals surface area contributed by atoms with Gasteiger partial charge in [0.2, 0.25) is 17.4 Å². The van der Waals surface area contributed by atoms with Crippen LogP contribution in [0.1, 0.15) is 21.8 Å². The molecule has 0 saturated heterocycles.